The summed E-state index contributed by atoms with van der Waals surface area (Å²) in [7, 11) is 0. The summed E-state index contributed by atoms with van der Waals surface area (Å²) in [6.45, 7) is 6.99. The van der Waals surface area contributed by atoms with Crippen LogP contribution in [0.5, 0.6) is 0 Å². The molecule has 0 heterocycles. The smallest absolute Gasteiger partial charge is 0.309 e. The third kappa shape index (κ3) is 2.39. The van der Waals surface area contributed by atoms with Gasteiger partial charge in [0.25, 0.3) is 0 Å². The number of fused-ring (bicyclic) bond motifs is 7. The van der Waals surface area contributed by atoms with E-state index in [1.54, 1.807) is 0 Å². The van der Waals surface area contributed by atoms with Gasteiger partial charge in [0, 0.05) is 0 Å². The standard InChI is InChI=1S/C24H36O2/c1-4-15(3)24(13-16-5-8-20(24)10-16)26-23(25)19-9-14(2)22-18-7-6-17(11-18)21(22)12-19/h6-7,14-22H,4-5,8-13H2,1-3H3/t14?,15-,16?,17?,18?,19?,20?,21?,22?,24?/m0/s1. The Bertz CT molecular complexity index is 609. The van der Waals surface area contributed by atoms with Crippen LogP contribution in [0.25, 0.3) is 0 Å². The van der Waals surface area contributed by atoms with Gasteiger partial charge >= 0.3 is 5.97 Å². The lowest BCUT2D eigenvalue weighted by molar-refractivity contribution is -0.182. The van der Waals surface area contributed by atoms with Crippen LogP contribution in [-0.4, -0.2) is 11.6 Å². The quantitative estimate of drug-likeness (QED) is 0.483. The third-order valence-electron chi connectivity index (χ3n) is 9.47. The molecule has 0 radical (unpaired) electrons. The highest BCUT2D eigenvalue weighted by molar-refractivity contribution is 5.73. The Kier molecular flexibility index (Phi) is 4.07. The largest absolute Gasteiger partial charge is 0.458 e. The van der Waals surface area contributed by atoms with Crippen molar-refractivity contribution in [1.82, 2.24) is 0 Å². The number of allylic oxidation sites excluding steroid dienone is 2. The zero-order chi connectivity index (χ0) is 18.1. The minimum absolute atomic E-state index is 0.135. The number of hydrogen-bond donors (Lipinski definition) is 0. The molecule has 2 nitrogen and oxygen atoms in total. The van der Waals surface area contributed by atoms with Crippen molar-refractivity contribution in [3.63, 3.8) is 0 Å². The molecule has 144 valence electrons. The van der Waals surface area contributed by atoms with E-state index in [0.29, 0.717) is 17.8 Å². The molecule has 5 aliphatic rings. The Morgan fingerprint density at radius 1 is 1.15 bits per heavy atom. The van der Waals surface area contributed by atoms with E-state index in [-0.39, 0.29) is 17.5 Å². The molecule has 0 spiro atoms. The molecule has 9 unspecified atom stereocenters. The first-order valence-electron chi connectivity index (χ1n) is 11.4. The highest BCUT2D eigenvalue weighted by Gasteiger charge is 2.57. The van der Waals surface area contributed by atoms with Crippen LogP contribution in [0.2, 0.25) is 0 Å². The van der Waals surface area contributed by atoms with Crippen molar-refractivity contribution in [2.24, 2.45) is 53.3 Å². The maximum Gasteiger partial charge on any atom is 0.309 e. The van der Waals surface area contributed by atoms with Crippen LogP contribution in [0.15, 0.2) is 12.2 Å². The number of esters is 1. The molecule has 0 aromatic heterocycles. The zero-order valence-electron chi connectivity index (χ0n) is 16.8. The molecular weight excluding hydrogens is 320 g/mol. The van der Waals surface area contributed by atoms with E-state index in [0.717, 1.165) is 55.3 Å². The molecule has 0 aliphatic heterocycles. The van der Waals surface area contributed by atoms with E-state index in [4.69, 9.17) is 4.74 Å². The second kappa shape index (κ2) is 6.11. The van der Waals surface area contributed by atoms with E-state index in [1.165, 1.54) is 25.7 Å². The van der Waals surface area contributed by atoms with Gasteiger partial charge in [-0.15, -0.1) is 0 Å². The lowest BCUT2D eigenvalue weighted by Crippen LogP contribution is -2.48. The zero-order valence-corrected chi connectivity index (χ0v) is 16.8. The number of rotatable bonds is 4. The summed E-state index contributed by atoms with van der Waals surface area (Å²) >= 11 is 0. The van der Waals surface area contributed by atoms with Gasteiger partial charge in [-0.25, -0.2) is 0 Å². The van der Waals surface area contributed by atoms with E-state index >= 15 is 0 Å². The summed E-state index contributed by atoms with van der Waals surface area (Å²) in [5.41, 5.74) is -0.135. The first-order chi connectivity index (χ1) is 12.5. The topological polar surface area (TPSA) is 26.3 Å². The summed E-state index contributed by atoms with van der Waals surface area (Å²) in [5, 5.41) is 0. The first kappa shape index (κ1) is 17.3. The van der Waals surface area contributed by atoms with Crippen molar-refractivity contribution in [3.8, 4) is 0 Å². The average molecular weight is 357 g/mol. The van der Waals surface area contributed by atoms with Crippen LogP contribution in [0, 0.1) is 53.3 Å². The monoisotopic (exact) mass is 356 g/mol. The van der Waals surface area contributed by atoms with Gasteiger partial charge in [-0.3, -0.25) is 4.79 Å². The molecule has 4 saturated carbocycles. The fraction of sp³-hybridized carbons (Fsp3) is 0.875. The van der Waals surface area contributed by atoms with Crippen LogP contribution >= 0.6 is 0 Å². The van der Waals surface area contributed by atoms with Gasteiger partial charge in [0.15, 0.2) is 0 Å². The van der Waals surface area contributed by atoms with E-state index < -0.39 is 0 Å². The molecule has 0 saturated heterocycles. The summed E-state index contributed by atoms with van der Waals surface area (Å²) in [6.07, 6.45) is 14.6. The van der Waals surface area contributed by atoms with Crippen molar-refractivity contribution >= 4 is 5.97 Å². The van der Waals surface area contributed by atoms with Crippen LogP contribution < -0.4 is 0 Å². The van der Waals surface area contributed by atoms with E-state index in [2.05, 4.69) is 32.9 Å². The lowest BCUT2D eigenvalue weighted by atomic mass is 9.64. The van der Waals surface area contributed by atoms with Crippen LogP contribution in [-0.2, 0) is 9.53 Å². The van der Waals surface area contributed by atoms with Crippen molar-refractivity contribution in [2.45, 2.75) is 77.7 Å². The van der Waals surface area contributed by atoms with Crippen LogP contribution in [0.4, 0.5) is 0 Å². The van der Waals surface area contributed by atoms with Gasteiger partial charge in [0.1, 0.15) is 5.60 Å². The van der Waals surface area contributed by atoms with Crippen LogP contribution in [0.3, 0.4) is 0 Å². The van der Waals surface area contributed by atoms with Gasteiger partial charge < -0.3 is 4.74 Å². The normalized spacial score (nSPS) is 52.3. The summed E-state index contributed by atoms with van der Waals surface area (Å²) in [5.74, 6) is 6.05. The highest BCUT2D eigenvalue weighted by Crippen LogP contribution is 2.59. The predicted octanol–water partition coefficient (Wildman–Crippen LogP) is 5.62. The maximum atomic E-state index is 13.4. The number of carbonyl (C=O) groups excluding carboxylic acids is 1. The van der Waals surface area contributed by atoms with Gasteiger partial charge in [-0.2, -0.15) is 0 Å². The van der Waals surface area contributed by atoms with E-state index in [9.17, 15) is 4.79 Å². The third-order valence-corrected chi connectivity index (χ3v) is 9.47. The number of ether oxygens (including phenoxy) is 1. The van der Waals surface area contributed by atoms with Crippen molar-refractivity contribution in [3.05, 3.63) is 12.2 Å². The Morgan fingerprint density at radius 3 is 2.65 bits per heavy atom. The summed E-state index contributed by atoms with van der Waals surface area (Å²) < 4.78 is 6.55. The minimum Gasteiger partial charge on any atom is -0.458 e. The lowest BCUT2D eigenvalue weighted by Gasteiger charge is -2.45. The fourth-order valence-corrected chi connectivity index (χ4v) is 8.13. The molecule has 2 heteroatoms. The molecule has 4 bridgehead atoms. The molecule has 0 aromatic rings. The SMILES string of the molecule is CC[C@H](C)C1(OC(=O)C2CC(C)C3C4C=CC(C4)C3C2)CC2CCC1C2. The van der Waals surface area contributed by atoms with Crippen molar-refractivity contribution < 1.29 is 9.53 Å². The van der Waals surface area contributed by atoms with Crippen molar-refractivity contribution in [1.29, 1.82) is 0 Å². The highest BCUT2D eigenvalue weighted by atomic mass is 16.6. The van der Waals surface area contributed by atoms with Crippen molar-refractivity contribution in [2.75, 3.05) is 0 Å². The second-order valence-electron chi connectivity index (χ2n) is 10.6. The molecular formula is C24H36O2. The Balaban J connectivity index is 1.33. The molecule has 5 rings (SSSR count). The predicted molar refractivity (Wildman–Crippen MR) is 103 cm³/mol. The number of hydrogen-bond acceptors (Lipinski definition) is 2. The average Bonchev–Trinajstić information content (AvgIpc) is 3.40. The molecule has 5 aliphatic carbocycles. The Labute approximate surface area is 159 Å². The van der Waals surface area contributed by atoms with Crippen LogP contribution in [0.1, 0.15) is 72.1 Å². The fourth-order valence-electron chi connectivity index (χ4n) is 8.13. The summed E-state index contributed by atoms with van der Waals surface area (Å²) in [4.78, 5) is 13.4. The van der Waals surface area contributed by atoms with Gasteiger partial charge in [-0.05, 0) is 98.7 Å². The Morgan fingerprint density at radius 2 is 1.96 bits per heavy atom. The molecule has 4 fully saturated rings. The van der Waals surface area contributed by atoms with Gasteiger partial charge in [-0.1, -0.05) is 32.9 Å². The molecule has 10 atom stereocenters. The molecule has 26 heavy (non-hydrogen) atoms. The first-order valence-corrected chi connectivity index (χ1v) is 11.4. The van der Waals surface area contributed by atoms with E-state index in [1.807, 2.05) is 0 Å². The second-order valence-corrected chi connectivity index (χ2v) is 10.6. The maximum absolute atomic E-state index is 13.4. The molecule has 0 amide bonds. The minimum atomic E-state index is -0.135. The molecule has 0 N–H and O–H groups in total. The van der Waals surface area contributed by atoms with Gasteiger partial charge in [0.2, 0.25) is 0 Å². The Hall–Kier alpha value is -0.790. The summed E-state index contributed by atoms with van der Waals surface area (Å²) in [6, 6.07) is 0. The number of carbonyl (C=O) groups is 1. The van der Waals surface area contributed by atoms with Gasteiger partial charge in [0.05, 0.1) is 5.92 Å². The molecule has 0 aromatic carbocycles.